The van der Waals surface area contributed by atoms with E-state index in [1.807, 2.05) is 13.8 Å². The van der Waals surface area contributed by atoms with Crippen molar-refractivity contribution in [1.82, 2.24) is 0 Å². The van der Waals surface area contributed by atoms with Crippen molar-refractivity contribution in [3.05, 3.63) is 34.4 Å². The standard InChI is InChI=1S/C17H24O3/c1-12-8-13(2)17(14(3)9-12)16(18)11-20-10-15-4-6-19-7-5-15/h8-9,15H,4-7,10-11H2,1-3H3. The Morgan fingerprint density at radius 2 is 1.80 bits per heavy atom. The third-order valence-corrected chi connectivity index (χ3v) is 3.88. The van der Waals surface area contributed by atoms with Gasteiger partial charge in [-0.2, -0.15) is 0 Å². The molecule has 0 radical (unpaired) electrons. The van der Waals surface area contributed by atoms with E-state index in [2.05, 4.69) is 19.1 Å². The number of aryl methyl sites for hydroxylation is 3. The molecule has 0 unspecified atom stereocenters. The maximum Gasteiger partial charge on any atom is 0.188 e. The number of Topliss-reactive ketones (excluding diaryl/α,β-unsaturated/α-hetero) is 1. The van der Waals surface area contributed by atoms with Crippen LogP contribution in [0, 0.1) is 26.7 Å². The van der Waals surface area contributed by atoms with E-state index in [0.29, 0.717) is 12.5 Å². The second kappa shape index (κ2) is 7.00. The molecule has 1 heterocycles. The van der Waals surface area contributed by atoms with Gasteiger partial charge in [-0.3, -0.25) is 4.79 Å². The third-order valence-electron chi connectivity index (χ3n) is 3.88. The van der Waals surface area contributed by atoms with Gasteiger partial charge in [0, 0.05) is 18.8 Å². The van der Waals surface area contributed by atoms with Crippen molar-refractivity contribution in [3.8, 4) is 0 Å². The fraction of sp³-hybridized carbons (Fsp3) is 0.588. The highest BCUT2D eigenvalue weighted by Gasteiger charge is 2.16. The first-order valence-electron chi connectivity index (χ1n) is 7.34. The largest absolute Gasteiger partial charge is 0.381 e. The predicted molar refractivity (Wildman–Crippen MR) is 79.3 cm³/mol. The molecule has 3 heteroatoms. The third kappa shape index (κ3) is 3.90. The lowest BCUT2D eigenvalue weighted by Gasteiger charge is -2.21. The van der Waals surface area contributed by atoms with Crippen LogP contribution in [-0.4, -0.2) is 32.2 Å². The summed E-state index contributed by atoms with van der Waals surface area (Å²) in [6.07, 6.45) is 2.08. The smallest absolute Gasteiger partial charge is 0.188 e. The molecule has 1 fully saturated rings. The quantitative estimate of drug-likeness (QED) is 0.775. The van der Waals surface area contributed by atoms with Gasteiger partial charge >= 0.3 is 0 Å². The fourth-order valence-corrected chi connectivity index (χ4v) is 2.92. The van der Waals surface area contributed by atoms with Crippen LogP contribution >= 0.6 is 0 Å². The van der Waals surface area contributed by atoms with Gasteiger partial charge in [-0.15, -0.1) is 0 Å². The van der Waals surface area contributed by atoms with Gasteiger partial charge in [0.05, 0.1) is 6.61 Å². The molecule has 3 nitrogen and oxygen atoms in total. The molecule has 0 amide bonds. The average Bonchev–Trinajstić information content (AvgIpc) is 2.38. The number of ether oxygens (including phenoxy) is 2. The number of carbonyl (C=O) groups is 1. The molecule has 0 aromatic heterocycles. The molecule has 0 N–H and O–H groups in total. The van der Waals surface area contributed by atoms with Gasteiger partial charge in [0.1, 0.15) is 6.61 Å². The van der Waals surface area contributed by atoms with E-state index in [4.69, 9.17) is 9.47 Å². The normalized spacial score (nSPS) is 16.4. The summed E-state index contributed by atoms with van der Waals surface area (Å²) in [5, 5.41) is 0. The lowest BCUT2D eigenvalue weighted by atomic mass is 9.97. The Morgan fingerprint density at radius 3 is 2.40 bits per heavy atom. The number of carbonyl (C=O) groups excluding carboxylic acids is 1. The van der Waals surface area contributed by atoms with E-state index in [1.165, 1.54) is 5.56 Å². The SMILES string of the molecule is Cc1cc(C)c(C(=O)COCC2CCOCC2)c(C)c1. The first-order valence-corrected chi connectivity index (χ1v) is 7.34. The zero-order valence-electron chi connectivity index (χ0n) is 12.7. The van der Waals surface area contributed by atoms with E-state index < -0.39 is 0 Å². The molecule has 0 saturated carbocycles. The van der Waals surface area contributed by atoms with Gasteiger partial charge < -0.3 is 9.47 Å². The maximum atomic E-state index is 12.3. The van der Waals surface area contributed by atoms with Crippen molar-refractivity contribution < 1.29 is 14.3 Å². The minimum absolute atomic E-state index is 0.0899. The number of benzene rings is 1. The van der Waals surface area contributed by atoms with Gasteiger partial charge in [0.15, 0.2) is 5.78 Å². The Kier molecular flexibility index (Phi) is 5.32. The summed E-state index contributed by atoms with van der Waals surface area (Å²) in [5.41, 5.74) is 4.10. The van der Waals surface area contributed by atoms with Crippen LogP contribution in [0.3, 0.4) is 0 Å². The molecule has 1 aliphatic rings. The van der Waals surface area contributed by atoms with Crippen LogP contribution in [0.1, 0.15) is 39.9 Å². The molecule has 110 valence electrons. The van der Waals surface area contributed by atoms with E-state index in [9.17, 15) is 4.79 Å². The molecule has 2 rings (SSSR count). The first kappa shape index (κ1) is 15.2. The Morgan fingerprint density at radius 1 is 1.20 bits per heavy atom. The first-order chi connectivity index (χ1) is 9.58. The summed E-state index contributed by atoms with van der Waals surface area (Å²) >= 11 is 0. The molecular weight excluding hydrogens is 252 g/mol. The summed E-state index contributed by atoms with van der Waals surface area (Å²) < 4.78 is 10.9. The molecule has 1 aromatic carbocycles. The van der Waals surface area contributed by atoms with Crippen molar-refractivity contribution >= 4 is 5.78 Å². The van der Waals surface area contributed by atoms with Gasteiger partial charge in [0.25, 0.3) is 0 Å². The molecule has 0 spiro atoms. The van der Waals surface area contributed by atoms with Gasteiger partial charge in [0.2, 0.25) is 0 Å². The highest BCUT2D eigenvalue weighted by atomic mass is 16.5. The van der Waals surface area contributed by atoms with Crippen LogP contribution in [-0.2, 0) is 9.47 Å². The van der Waals surface area contributed by atoms with E-state index >= 15 is 0 Å². The molecule has 0 aliphatic carbocycles. The number of hydrogen-bond donors (Lipinski definition) is 0. The van der Waals surface area contributed by atoms with Crippen LogP contribution in [0.2, 0.25) is 0 Å². The summed E-state index contributed by atoms with van der Waals surface area (Å²) in [6, 6.07) is 4.11. The zero-order valence-corrected chi connectivity index (χ0v) is 12.7. The van der Waals surface area contributed by atoms with Crippen molar-refractivity contribution in [2.24, 2.45) is 5.92 Å². The topological polar surface area (TPSA) is 35.5 Å². The number of rotatable bonds is 5. The second-order valence-electron chi connectivity index (χ2n) is 5.77. The van der Waals surface area contributed by atoms with Crippen molar-refractivity contribution in [3.63, 3.8) is 0 Å². The van der Waals surface area contributed by atoms with Crippen LogP contribution in [0.4, 0.5) is 0 Å². The van der Waals surface area contributed by atoms with E-state index in [1.54, 1.807) is 0 Å². The molecular formula is C17H24O3. The lowest BCUT2D eigenvalue weighted by molar-refractivity contribution is 0.0216. The average molecular weight is 276 g/mol. The van der Waals surface area contributed by atoms with Crippen LogP contribution in [0.15, 0.2) is 12.1 Å². The van der Waals surface area contributed by atoms with Gasteiger partial charge in [-0.1, -0.05) is 17.7 Å². The minimum atomic E-state index is 0.0899. The zero-order chi connectivity index (χ0) is 14.5. The monoisotopic (exact) mass is 276 g/mol. The lowest BCUT2D eigenvalue weighted by Crippen LogP contribution is -2.22. The van der Waals surface area contributed by atoms with Gasteiger partial charge in [-0.25, -0.2) is 0 Å². The molecule has 0 bridgehead atoms. The summed E-state index contributed by atoms with van der Waals surface area (Å²) in [4.78, 5) is 12.3. The Hall–Kier alpha value is -1.19. The summed E-state index contributed by atoms with van der Waals surface area (Å²) in [6.45, 7) is 8.52. The van der Waals surface area contributed by atoms with Crippen molar-refractivity contribution in [2.75, 3.05) is 26.4 Å². The molecule has 1 aromatic rings. The number of ketones is 1. The van der Waals surface area contributed by atoms with E-state index in [-0.39, 0.29) is 12.4 Å². The summed E-state index contributed by atoms with van der Waals surface area (Å²) in [5.74, 6) is 0.629. The number of hydrogen-bond acceptors (Lipinski definition) is 3. The Balaban J connectivity index is 1.88. The van der Waals surface area contributed by atoms with Crippen LogP contribution in [0.25, 0.3) is 0 Å². The second-order valence-corrected chi connectivity index (χ2v) is 5.77. The Bertz CT molecular complexity index is 450. The summed E-state index contributed by atoms with van der Waals surface area (Å²) in [7, 11) is 0. The highest BCUT2D eigenvalue weighted by Crippen LogP contribution is 2.18. The molecule has 0 atom stereocenters. The van der Waals surface area contributed by atoms with Gasteiger partial charge in [-0.05, 0) is 50.7 Å². The van der Waals surface area contributed by atoms with E-state index in [0.717, 1.165) is 42.7 Å². The fourth-order valence-electron chi connectivity index (χ4n) is 2.92. The predicted octanol–water partition coefficient (Wildman–Crippen LogP) is 3.24. The maximum absolute atomic E-state index is 12.3. The van der Waals surface area contributed by atoms with Crippen molar-refractivity contribution in [1.29, 1.82) is 0 Å². The van der Waals surface area contributed by atoms with Crippen LogP contribution in [0.5, 0.6) is 0 Å². The molecule has 1 aliphatic heterocycles. The van der Waals surface area contributed by atoms with Crippen molar-refractivity contribution in [2.45, 2.75) is 33.6 Å². The highest BCUT2D eigenvalue weighted by molar-refractivity contribution is 5.99. The molecule has 1 saturated heterocycles. The minimum Gasteiger partial charge on any atom is -0.381 e. The molecule has 20 heavy (non-hydrogen) atoms. The Labute approximate surface area is 121 Å². The van der Waals surface area contributed by atoms with Crippen LogP contribution < -0.4 is 0 Å².